The molecule has 88 valence electrons. The molecule has 1 unspecified atom stereocenters. The van der Waals surface area contributed by atoms with Gasteiger partial charge in [-0.1, -0.05) is 20.8 Å². The van der Waals surface area contributed by atoms with E-state index in [0.717, 1.165) is 11.4 Å². The van der Waals surface area contributed by atoms with Gasteiger partial charge >= 0.3 is 5.97 Å². The minimum absolute atomic E-state index is 0.0704. The van der Waals surface area contributed by atoms with Gasteiger partial charge in [0, 0.05) is 17.3 Å². The zero-order valence-corrected chi connectivity index (χ0v) is 10.2. The smallest absolute Gasteiger partial charge is 0.304 e. The number of aryl methyl sites for hydroxylation is 1. The fraction of sp³-hybridized carbons (Fsp3) is 0.583. The Balaban J connectivity index is 2.99. The summed E-state index contributed by atoms with van der Waals surface area (Å²) in [5.41, 5.74) is 1.87. The molecule has 0 fully saturated rings. The van der Waals surface area contributed by atoms with Gasteiger partial charge in [-0.15, -0.1) is 0 Å². The zero-order valence-electron chi connectivity index (χ0n) is 10.2. The highest BCUT2D eigenvalue weighted by atomic mass is 16.4. The van der Waals surface area contributed by atoms with E-state index in [1.54, 1.807) is 0 Å². The number of aromatic nitrogens is 2. The summed E-state index contributed by atoms with van der Waals surface area (Å²) in [6.45, 7) is 7.87. The van der Waals surface area contributed by atoms with Crippen LogP contribution in [0.25, 0.3) is 0 Å². The van der Waals surface area contributed by atoms with Crippen LogP contribution in [-0.2, 0) is 4.79 Å². The Hall–Kier alpha value is -1.45. The van der Waals surface area contributed by atoms with Gasteiger partial charge < -0.3 is 5.11 Å². The maximum absolute atomic E-state index is 10.6. The van der Waals surface area contributed by atoms with E-state index in [0.29, 0.717) is 11.7 Å². The quantitative estimate of drug-likeness (QED) is 0.850. The molecule has 4 nitrogen and oxygen atoms in total. The molecule has 0 amide bonds. The van der Waals surface area contributed by atoms with Crippen molar-refractivity contribution in [2.45, 2.75) is 46.0 Å². The molecule has 0 bridgehead atoms. The SMILES string of the molecule is Cc1cc(C(C)C)nc(C(C)CC(=O)O)n1. The van der Waals surface area contributed by atoms with Crippen molar-refractivity contribution in [2.24, 2.45) is 0 Å². The molecule has 1 aromatic rings. The second-order valence-electron chi connectivity index (χ2n) is 4.45. The lowest BCUT2D eigenvalue weighted by atomic mass is 10.1. The molecule has 1 aromatic heterocycles. The van der Waals surface area contributed by atoms with Crippen molar-refractivity contribution in [1.82, 2.24) is 9.97 Å². The van der Waals surface area contributed by atoms with Crippen molar-refractivity contribution in [2.75, 3.05) is 0 Å². The van der Waals surface area contributed by atoms with Crippen molar-refractivity contribution in [3.05, 3.63) is 23.3 Å². The third kappa shape index (κ3) is 3.29. The molecule has 1 heterocycles. The highest BCUT2D eigenvalue weighted by Gasteiger charge is 2.15. The van der Waals surface area contributed by atoms with Gasteiger partial charge in [0.1, 0.15) is 5.82 Å². The predicted molar refractivity (Wildman–Crippen MR) is 61.5 cm³/mol. The number of rotatable bonds is 4. The number of carboxylic acids is 1. The Morgan fingerprint density at radius 1 is 1.38 bits per heavy atom. The van der Waals surface area contributed by atoms with Gasteiger partial charge in [-0.3, -0.25) is 4.79 Å². The molecule has 4 heteroatoms. The summed E-state index contributed by atoms with van der Waals surface area (Å²) in [5.74, 6) is 0.00202. The van der Waals surface area contributed by atoms with Crippen molar-refractivity contribution in [3.8, 4) is 0 Å². The fourth-order valence-corrected chi connectivity index (χ4v) is 1.49. The van der Waals surface area contributed by atoms with Crippen LogP contribution in [0.5, 0.6) is 0 Å². The summed E-state index contributed by atoms with van der Waals surface area (Å²) >= 11 is 0. The van der Waals surface area contributed by atoms with Crippen molar-refractivity contribution in [3.63, 3.8) is 0 Å². The van der Waals surface area contributed by atoms with Crippen molar-refractivity contribution < 1.29 is 9.90 Å². The summed E-state index contributed by atoms with van der Waals surface area (Å²) in [7, 11) is 0. The van der Waals surface area contributed by atoms with Crippen LogP contribution in [0.2, 0.25) is 0 Å². The second kappa shape index (κ2) is 5.05. The molecule has 0 aliphatic heterocycles. The molecular weight excluding hydrogens is 204 g/mol. The van der Waals surface area contributed by atoms with Crippen LogP contribution in [-0.4, -0.2) is 21.0 Å². The van der Waals surface area contributed by atoms with Crippen molar-refractivity contribution in [1.29, 1.82) is 0 Å². The normalized spacial score (nSPS) is 12.8. The molecule has 0 saturated carbocycles. The zero-order chi connectivity index (χ0) is 12.3. The molecule has 0 saturated heterocycles. The average molecular weight is 222 g/mol. The number of aliphatic carboxylic acids is 1. The molecular formula is C12H18N2O2. The lowest BCUT2D eigenvalue weighted by Crippen LogP contribution is -2.09. The molecule has 0 aliphatic carbocycles. The maximum Gasteiger partial charge on any atom is 0.304 e. The van der Waals surface area contributed by atoms with E-state index in [2.05, 4.69) is 23.8 Å². The highest BCUT2D eigenvalue weighted by Crippen LogP contribution is 2.19. The Bertz CT molecular complexity index is 389. The van der Waals surface area contributed by atoms with E-state index in [1.807, 2.05) is 19.9 Å². The van der Waals surface area contributed by atoms with E-state index >= 15 is 0 Å². The summed E-state index contributed by atoms with van der Waals surface area (Å²) < 4.78 is 0. The number of carbonyl (C=O) groups is 1. The third-order valence-electron chi connectivity index (χ3n) is 2.40. The third-order valence-corrected chi connectivity index (χ3v) is 2.40. The highest BCUT2D eigenvalue weighted by molar-refractivity contribution is 5.67. The molecule has 0 spiro atoms. The summed E-state index contributed by atoms with van der Waals surface area (Å²) in [4.78, 5) is 19.3. The fourth-order valence-electron chi connectivity index (χ4n) is 1.49. The van der Waals surface area contributed by atoms with Gasteiger partial charge in [0.25, 0.3) is 0 Å². The lowest BCUT2D eigenvalue weighted by Gasteiger charge is -2.12. The molecule has 1 rings (SSSR count). The molecule has 0 aromatic carbocycles. The van der Waals surface area contributed by atoms with E-state index in [9.17, 15) is 4.79 Å². The van der Waals surface area contributed by atoms with Crippen LogP contribution < -0.4 is 0 Å². The van der Waals surface area contributed by atoms with Crippen LogP contribution in [0.4, 0.5) is 0 Å². The van der Waals surface area contributed by atoms with Crippen molar-refractivity contribution >= 4 is 5.97 Å². The number of carboxylic acid groups (broad SMARTS) is 1. The monoisotopic (exact) mass is 222 g/mol. The predicted octanol–water partition coefficient (Wildman–Crippen LogP) is 2.49. The summed E-state index contributed by atoms with van der Waals surface area (Å²) in [5, 5.41) is 8.74. The van der Waals surface area contributed by atoms with Gasteiger partial charge in [0.15, 0.2) is 0 Å². The Morgan fingerprint density at radius 3 is 2.50 bits per heavy atom. The molecule has 16 heavy (non-hydrogen) atoms. The molecule has 1 N–H and O–H groups in total. The maximum atomic E-state index is 10.6. The van der Waals surface area contributed by atoms with Gasteiger partial charge in [0.2, 0.25) is 0 Å². The lowest BCUT2D eigenvalue weighted by molar-refractivity contribution is -0.137. The van der Waals surface area contributed by atoms with Gasteiger partial charge in [0.05, 0.1) is 6.42 Å². The standard InChI is InChI=1S/C12H18N2O2/c1-7(2)10-6-9(4)13-12(14-10)8(3)5-11(15)16/h6-8H,5H2,1-4H3,(H,15,16). The van der Waals surface area contributed by atoms with E-state index < -0.39 is 5.97 Å². The number of hydrogen-bond acceptors (Lipinski definition) is 3. The van der Waals surface area contributed by atoms with Crippen LogP contribution in [0.3, 0.4) is 0 Å². The van der Waals surface area contributed by atoms with E-state index in [4.69, 9.17) is 5.11 Å². The van der Waals surface area contributed by atoms with Crippen LogP contribution in [0.15, 0.2) is 6.07 Å². The Kier molecular flexibility index (Phi) is 3.99. The first-order valence-electron chi connectivity index (χ1n) is 5.47. The van der Waals surface area contributed by atoms with Gasteiger partial charge in [-0.2, -0.15) is 0 Å². The number of hydrogen-bond donors (Lipinski definition) is 1. The minimum Gasteiger partial charge on any atom is -0.481 e. The summed E-state index contributed by atoms with van der Waals surface area (Å²) in [6.07, 6.45) is 0.0704. The first-order chi connectivity index (χ1) is 7.40. The number of nitrogens with zero attached hydrogens (tertiary/aromatic N) is 2. The van der Waals surface area contributed by atoms with Crippen LogP contribution >= 0.6 is 0 Å². The van der Waals surface area contributed by atoms with Crippen LogP contribution in [0, 0.1) is 6.92 Å². The van der Waals surface area contributed by atoms with E-state index in [-0.39, 0.29) is 12.3 Å². The Morgan fingerprint density at radius 2 is 2.00 bits per heavy atom. The molecule has 1 atom stereocenters. The Labute approximate surface area is 95.7 Å². The minimum atomic E-state index is -0.816. The second-order valence-corrected chi connectivity index (χ2v) is 4.45. The average Bonchev–Trinajstić information content (AvgIpc) is 2.15. The van der Waals surface area contributed by atoms with E-state index in [1.165, 1.54) is 0 Å². The van der Waals surface area contributed by atoms with Crippen LogP contribution in [0.1, 0.15) is 56.2 Å². The topological polar surface area (TPSA) is 63.1 Å². The largest absolute Gasteiger partial charge is 0.481 e. The van der Waals surface area contributed by atoms with Gasteiger partial charge in [-0.25, -0.2) is 9.97 Å². The molecule has 0 radical (unpaired) electrons. The molecule has 0 aliphatic rings. The first-order valence-corrected chi connectivity index (χ1v) is 5.47. The summed E-state index contributed by atoms with van der Waals surface area (Å²) in [6, 6.07) is 1.95. The first kappa shape index (κ1) is 12.6. The van der Waals surface area contributed by atoms with Gasteiger partial charge in [-0.05, 0) is 18.9 Å².